The lowest BCUT2D eigenvalue weighted by molar-refractivity contribution is 0.0696. The number of rotatable bonds is 1. The molecular formula is C8H6BrFO2. The van der Waals surface area contributed by atoms with Gasteiger partial charge in [-0.2, -0.15) is 0 Å². The van der Waals surface area contributed by atoms with Crippen LogP contribution in [0.15, 0.2) is 16.6 Å². The number of hydrogen-bond acceptors (Lipinski definition) is 1. The zero-order chi connectivity index (χ0) is 9.30. The van der Waals surface area contributed by atoms with E-state index in [1.54, 1.807) is 6.92 Å². The predicted molar refractivity (Wildman–Crippen MR) is 45.8 cm³/mol. The van der Waals surface area contributed by atoms with E-state index in [2.05, 4.69) is 15.9 Å². The number of halogens is 2. The Labute approximate surface area is 77.2 Å². The summed E-state index contributed by atoms with van der Waals surface area (Å²) in [5, 5.41) is 8.54. The summed E-state index contributed by atoms with van der Waals surface area (Å²) in [5.41, 5.74) is 0.366. The average molecular weight is 233 g/mol. The standard InChI is InChI=1S/C8H6BrFO2/c1-4-6(9)2-5(8(11)12)3-7(4)10/h2-3H,1H3,(H,11,12). The molecule has 1 aromatic rings. The molecule has 0 aromatic heterocycles. The number of carboxylic acid groups (broad SMARTS) is 1. The smallest absolute Gasteiger partial charge is 0.335 e. The molecule has 64 valence electrons. The first kappa shape index (κ1) is 9.19. The van der Waals surface area contributed by atoms with E-state index in [9.17, 15) is 9.18 Å². The van der Waals surface area contributed by atoms with E-state index < -0.39 is 11.8 Å². The van der Waals surface area contributed by atoms with Gasteiger partial charge in [0.15, 0.2) is 0 Å². The second-order valence-corrected chi connectivity index (χ2v) is 3.22. The molecule has 0 amide bonds. The van der Waals surface area contributed by atoms with Crippen LogP contribution in [0.2, 0.25) is 0 Å². The van der Waals surface area contributed by atoms with Crippen LogP contribution in [-0.4, -0.2) is 11.1 Å². The molecule has 0 radical (unpaired) electrons. The van der Waals surface area contributed by atoms with Gasteiger partial charge in [0.05, 0.1) is 5.56 Å². The minimum absolute atomic E-state index is 0.0509. The highest BCUT2D eigenvalue weighted by Gasteiger charge is 2.09. The van der Waals surface area contributed by atoms with Crippen LogP contribution in [0.4, 0.5) is 4.39 Å². The van der Waals surface area contributed by atoms with Gasteiger partial charge in [-0.15, -0.1) is 0 Å². The van der Waals surface area contributed by atoms with E-state index in [1.807, 2.05) is 0 Å². The number of carbonyl (C=O) groups is 1. The lowest BCUT2D eigenvalue weighted by Crippen LogP contribution is -1.98. The van der Waals surface area contributed by atoms with Crippen molar-refractivity contribution in [3.05, 3.63) is 33.5 Å². The Morgan fingerprint density at radius 1 is 1.58 bits per heavy atom. The fourth-order valence-corrected chi connectivity index (χ4v) is 1.20. The molecule has 12 heavy (non-hydrogen) atoms. The molecule has 0 aliphatic heterocycles. The van der Waals surface area contributed by atoms with Gasteiger partial charge in [0, 0.05) is 4.47 Å². The Kier molecular flexibility index (Phi) is 2.47. The fraction of sp³-hybridized carbons (Fsp3) is 0.125. The maximum absolute atomic E-state index is 12.9. The summed E-state index contributed by atoms with van der Waals surface area (Å²) in [7, 11) is 0. The van der Waals surface area contributed by atoms with E-state index in [4.69, 9.17) is 5.11 Å². The van der Waals surface area contributed by atoms with Crippen molar-refractivity contribution >= 4 is 21.9 Å². The molecule has 0 saturated heterocycles. The molecule has 0 atom stereocenters. The highest BCUT2D eigenvalue weighted by atomic mass is 79.9. The van der Waals surface area contributed by atoms with Crippen LogP contribution in [0.1, 0.15) is 15.9 Å². The van der Waals surface area contributed by atoms with Crippen LogP contribution in [0, 0.1) is 12.7 Å². The van der Waals surface area contributed by atoms with Crippen molar-refractivity contribution in [1.82, 2.24) is 0 Å². The van der Waals surface area contributed by atoms with Gasteiger partial charge in [-0.3, -0.25) is 0 Å². The van der Waals surface area contributed by atoms with Crippen molar-refractivity contribution in [1.29, 1.82) is 0 Å². The van der Waals surface area contributed by atoms with Crippen LogP contribution >= 0.6 is 15.9 Å². The van der Waals surface area contributed by atoms with Crippen molar-refractivity contribution in [2.75, 3.05) is 0 Å². The zero-order valence-corrected chi connectivity index (χ0v) is 7.85. The van der Waals surface area contributed by atoms with Gasteiger partial charge < -0.3 is 5.11 Å². The third-order valence-corrected chi connectivity index (χ3v) is 2.35. The van der Waals surface area contributed by atoms with Gasteiger partial charge in [0.2, 0.25) is 0 Å². The van der Waals surface area contributed by atoms with E-state index in [-0.39, 0.29) is 5.56 Å². The maximum atomic E-state index is 12.9. The molecule has 0 fully saturated rings. The number of hydrogen-bond donors (Lipinski definition) is 1. The van der Waals surface area contributed by atoms with Crippen molar-refractivity contribution in [3.63, 3.8) is 0 Å². The van der Waals surface area contributed by atoms with Gasteiger partial charge in [-0.25, -0.2) is 9.18 Å². The van der Waals surface area contributed by atoms with Crippen molar-refractivity contribution in [2.24, 2.45) is 0 Å². The second kappa shape index (κ2) is 3.23. The van der Waals surface area contributed by atoms with Crippen LogP contribution in [-0.2, 0) is 0 Å². The molecule has 0 spiro atoms. The lowest BCUT2D eigenvalue weighted by atomic mass is 10.1. The molecule has 0 heterocycles. The van der Waals surface area contributed by atoms with E-state index in [0.29, 0.717) is 10.0 Å². The number of benzene rings is 1. The number of aromatic carboxylic acids is 1. The number of carboxylic acids is 1. The highest BCUT2D eigenvalue weighted by Crippen LogP contribution is 2.20. The molecule has 1 N–H and O–H groups in total. The van der Waals surface area contributed by atoms with Crippen molar-refractivity contribution in [3.8, 4) is 0 Å². The summed E-state index contributed by atoms with van der Waals surface area (Å²) in [6, 6.07) is 2.38. The molecule has 0 aliphatic carbocycles. The first-order valence-electron chi connectivity index (χ1n) is 3.21. The van der Waals surface area contributed by atoms with Gasteiger partial charge in [0.25, 0.3) is 0 Å². The molecule has 0 aliphatic rings. The summed E-state index contributed by atoms with van der Waals surface area (Å²) in [6.07, 6.45) is 0. The van der Waals surface area contributed by atoms with Crippen molar-refractivity contribution in [2.45, 2.75) is 6.92 Å². The molecular weight excluding hydrogens is 227 g/mol. The summed E-state index contributed by atoms with van der Waals surface area (Å²) in [5.74, 6) is -1.64. The molecule has 4 heteroatoms. The quantitative estimate of drug-likeness (QED) is 0.809. The van der Waals surface area contributed by atoms with E-state index in [0.717, 1.165) is 6.07 Å². The van der Waals surface area contributed by atoms with Crippen LogP contribution in [0.5, 0.6) is 0 Å². The third-order valence-electron chi connectivity index (χ3n) is 1.53. The van der Waals surface area contributed by atoms with Gasteiger partial charge in [-0.05, 0) is 24.6 Å². The Morgan fingerprint density at radius 2 is 2.17 bits per heavy atom. The highest BCUT2D eigenvalue weighted by molar-refractivity contribution is 9.10. The molecule has 0 bridgehead atoms. The molecule has 0 unspecified atom stereocenters. The topological polar surface area (TPSA) is 37.3 Å². The third kappa shape index (κ3) is 1.64. The Bertz CT molecular complexity index is 313. The predicted octanol–water partition coefficient (Wildman–Crippen LogP) is 2.59. The summed E-state index contributed by atoms with van der Waals surface area (Å²) < 4.78 is 13.4. The molecule has 1 aromatic carbocycles. The summed E-state index contributed by atoms with van der Waals surface area (Å²) in [6.45, 7) is 1.57. The SMILES string of the molecule is Cc1c(F)cc(C(=O)O)cc1Br. The molecule has 0 saturated carbocycles. The average Bonchev–Trinajstić information content (AvgIpc) is 1.99. The van der Waals surface area contributed by atoms with E-state index in [1.165, 1.54) is 6.07 Å². The second-order valence-electron chi connectivity index (χ2n) is 2.37. The van der Waals surface area contributed by atoms with Gasteiger partial charge >= 0.3 is 5.97 Å². The summed E-state index contributed by atoms with van der Waals surface area (Å²) in [4.78, 5) is 10.4. The molecule has 2 nitrogen and oxygen atoms in total. The monoisotopic (exact) mass is 232 g/mol. The molecule has 1 rings (SSSR count). The first-order valence-corrected chi connectivity index (χ1v) is 4.00. The summed E-state index contributed by atoms with van der Waals surface area (Å²) >= 11 is 3.06. The van der Waals surface area contributed by atoms with E-state index >= 15 is 0 Å². The fourth-order valence-electron chi connectivity index (χ4n) is 0.769. The largest absolute Gasteiger partial charge is 0.478 e. The minimum atomic E-state index is -1.13. The van der Waals surface area contributed by atoms with Crippen LogP contribution in [0.3, 0.4) is 0 Å². The van der Waals surface area contributed by atoms with Gasteiger partial charge in [0.1, 0.15) is 5.82 Å². The van der Waals surface area contributed by atoms with Crippen molar-refractivity contribution < 1.29 is 14.3 Å². The minimum Gasteiger partial charge on any atom is -0.478 e. The zero-order valence-electron chi connectivity index (χ0n) is 6.27. The first-order chi connectivity index (χ1) is 5.52. The van der Waals surface area contributed by atoms with Crippen LogP contribution < -0.4 is 0 Å². The Hall–Kier alpha value is -0.900. The lowest BCUT2D eigenvalue weighted by Gasteiger charge is -2.01. The normalized spacial score (nSPS) is 9.92. The Morgan fingerprint density at radius 3 is 2.58 bits per heavy atom. The van der Waals surface area contributed by atoms with Gasteiger partial charge in [-0.1, -0.05) is 15.9 Å². The van der Waals surface area contributed by atoms with Crippen LogP contribution in [0.25, 0.3) is 0 Å². The Balaban J connectivity index is 3.31. The maximum Gasteiger partial charge on any atom is 0.335 e.